The number of pyridine rings is 1. The predicted molar refractivity (Wildman–Crippen MR) is 96.5 cm³/mol. The molecule has 1 aromatic heterocycles. The lowest BCUT2D eigenvalue weighted by atomic mass is 10.1. The van der Waals surface area contributed by atoms with Crippen molar-refractivity contribution < 1.29 is 9.84 Å². The van der Waals surface area contributed by atoms with Crippen molar-refractivity contribution in [2.45, 2.75) is 6.61 Å². The molecule has 0 saturated heterocycles. The van der Waals surface area contributed by atoms with E-state index in [1.807, 2.05) is 6.07 Å². The molecule has 3 rings (SSSR count). The van der Waals surface area contributed by atoms with E-state index in [0.717, 1.165) is 0 Å². The van der Waals surface area contributed by atoms with Crippen LogP contribution in [0.15, 0.2) is 54.7 Å². The molecule has 0 aliphatic carbocycles. The van der Waals surface area contributed by atoms with Gasteiger partial charge in [-0.15, -0.1) is 0 Å². The van der Waals surface area contributed by atoms with Crippen molar-refractivity contribution in [1.29, 1.82) is 0 Å². The fourth-order valence-electron chi connectivity index (χ4n) is 2.26. The number of aromatic nitrogens is 1. The molecule has 24 heavy (non-hydrogen) atoms. The van der Waals surface area contributed by atoms with Crippen LogP contribution >= 0.6 is 23.2 Å². The first kappa shape index (κ1) is 16.4. The number of phenolic OH excluding ortho intramolecular Hbond substituents is 1. The monoisotopic (exact) mass is 360 g/mol. The maximum atomic E-state index is 9.97. The van der Waals surface area contributed by atoms with Crippen molar-refractivity contribution in [2.24, 2.45) is 0 Å². The van der Waals surface area contributed by atoms with Gasteiger partial charge in [0.25, 0.3) is 0 Å². The van der Waals surface area contributed by atoms with Gasteiger partial charge in [-0.05, 0) is 24.3 Å². The molecule has 4 nitrogen and oxygen atoms in total. The second-order valence-corrected chi connectivity index (χ2v) is 5.93. The van der Waals surface area contributed by atoms with E-state index in [9.17, 15) is 5.11 Å². The molecule has 0 radical (unpaired) electrons. The molecule has 0 fully saturated rings. The highest BCUT2D eigenvalue weighted by atomic mass is 35.5. The summed E-state index contributed by atoms with van der Waals surface area (Å²) < 4.78 is 5.75. The Kier molecular flexibility index (Phi) is 4.79. The Hall–Kier alpha value is -2.43. The highest BCUT2D eigenvalue weighted by Gasteiger charge is 2.11. The van der Waals surface area contributed by atoms with Crippen LogP contribution in [0, 0.1) is 0 Å². The van der Waals surface area contributed by atoms with Crippen molar-refractivity contribution in [3.8, 4) is 22.6 Å². The molecule has 2 aromatic carbocycles. The van der Waals surface area contributed by atoms with E-state index in [4.69, 9.17) is 33.7 Å². The third kappa shape index (κ3) is 3.40. The summed E-state index contributed by atoms with van der Waals surface area (Å²) in [6, 6.07) is 14.0. The minimum Gasteiger partial charge on any atom is -0.507 e. The van der Waals surface area contributed by atoms with Crippen LogP contribution in [0.25, 0.3) is 11.1 Å². The topological polar surface area (TPSA) is 68.4 Å². The number of ether oxygens (including phenoxy) is 1. The second-order valence-electron chi connectivity index (χ2n) is 5.11. The predicted octanol–water partition coefficient (Wildman–Crippen LogP) is 4.92. The van der Waals surface area contributed by atoms with Gasteiger partial charge in [0.05, 0.1) is 0 Å². The lowest BCUT2D eigenvalue weighted by Gasteiger charge is -2.12. The van der Waals surface area contributed by atoms with Gasteiger partial charge in [-0.3, -0.25) is 0 Å². The zero-order chi connectivity index (χ0) is 17.1. The fourth-order valence-corrected chi connectivity index (χ4v) is 2.76. The standard InChI is InChI=1S/C18H14Cl2N2O2/c19-14-5-3-6-15(20)13(14)10-24-17-8-11(9-22-18(17)21)12-4-1-2-7-16(12)23/h1-9,23H,10H2,(H2,21,22). The summed E-state index contributed by atoms with van der Waals surface area (Å²) in [6.45, 7) is 0.161. The van der Waals surface area contributed by atoms with Gasteiger partial charge in [-0.2, -0.15) is 0 Å². The van der Waals surface area contributed by atoms with Crippen molar-refractivity contribution in [3.63, 3.8) is 0 Å². The molecule has 0 aliphatic heterocycles. The van der Waals surface area contributed by atoms with Crippen molar-refractivity contribution in [1.82, 2.24) is 4.98 Å². The smallest absolute Gasteiger partial charge is 0.166 e. The summed E-state index contributed by atoms with van der Waals surface area (Å²) in [7, 11) is 0. The minimum absolute atomic E-state index is 0.157. The first-order chi connectivity index (χ1) is 11.6. The van der Waals surface area contributed by atoms with Crippen molar-refractivity contribution in [3.05, 3.63) is 70.3 Å². The Labute approximate surface area is 149 Å². The molecule has 0 atom stereocenters. The van der Waals surface area contributed by atoms with Gasteiger partial charge in [-0.1, -0.05) is 47.5 Å². The summed E-state index contributed by atoms with van der Waals surface area (Å²) >= 11 is 12.3. The largest absolute Gasteiger partial charge is 0.507 e. The quantitative estimate of drug-likeness (QED) is 0.692. The Balaban J connectivity index is 1.89. The van der Waals surface area contributed by atoms with Gasteiger partial charge in [0, 0.05) is 32.9 Å². The van der Waals surface area contributed by atoms with E-state index in [2.05, 4.69) is 4.98 Å². The molecule has 0 aliphatic rings. The fraction of sp³-hybridized carbons (Fsp3) is 0.0556. The van der Waals surface area contributed by atoms with Crippen LogP contribution in [0.4, 0.5) is 5.82 Å². The molecular formula is C18H14Cl2N2O2. The van der Waals surface area contributed by atoms with Gasteiger partial charge in [0.1, 0.15) is 12.4 Å². The van der Waals surface area contributed by atoms with E-state index in [1.165, 1.54) is 0 Å². The number of anilines is 1. The maximum absolute atomic E-state index is 9.97. The lowest BCUT2D eigenvalue weighted by molar-refractivity contribution is 0.307. The van der Waals surface area contributed by atoms with E-state index >= 15 is 0 Å². The third-order valence-electron chi connectivity index (χ3n) is 3.53. The molecule has 6 heteroatoms. The highest BCUT2D eigenvalue weighted by molar-refractivity contribution is 6.35. The number of nitrogens with zero attached hydrogens (tertiary/aromatic N) is 1. The number of halogens is 2. The average molecular weight is 361 g/mol. The highest BCUT2D eigenvalue weighted by Crippen LogP contribution is 2.33. The molecule has 122 valence electrons. The molecule has 0 unspecified atom stereocenters. The summed E-state index contributed by atoms with van der Waals surface area (Å²) in [5, 5.41) is 11.0. The molecule has 0 amide bonds. The van der Waals surface area contributed by atoms with Crippen LogP contribution in [0.3, 0.4) is 0 Å². The second kappa shape index (κ2) is 6.99. The Morgan fingerprint density at radius 3 is 2.46 bits per heavy atom. The zero-order valence-corrected chi connectivity index (χ0v) is 14.1. The zero-order valence-electron chi connectivity index (χ0n) is 12.5. The summed E-state index contributed by atoms with van der Waals surface area (Å²) in [6.07, 6.45) is 1.58. The molecule has 1 heterocycles. The van der Waals surface area contributed by atoms with Crippen molar-refractivity contribution >= 4 is 29.0 Å². The SMILES string of the molecule is Nc1ncc(-c2ccccc2O)cc1OCc1c(Cl)cccc1Cl. The number of hydrogen-bond donors (Lipinski definition) is 2. The van der Waals surface area contributed by atoms with Gasteiger partial charge >= 0.3 is 0 Å². The van der Waals surface area contributed by atoms with Crippen LogP contribution in [0.2, 0.25) is 10.0 Å². The van der Waals surface area contributed by atoms with Crippen LogP contribution in [0.5, 0.6) is 11.5 Å². The van der Waals surface area contributed by atoms with Gasteiger partial charge in [-0.25, -0.2) is 4.98 Å². The van der Waals surface area contributed by atoms with Crippen LogP contribution in [-0.2, 0) is 6.61 Å². The number of hydrogen-bond acceptors (Lipinski definition) is 4. The number of benzene rings is 2. The third-order valence-corrected chi connectivity index (χ3v) is 4.24. The van der Waals surface area contributed by atoms with Gasteiger partial charge in [0.2, 0.25) is 0 Å². The average Bonchev–Trinajstić information content (AvgIpc) is 2.56. The molecule has 3 N–H and O–H groups in total. The van der Waals surface area contributed by atoms with Gasteiger partial charge in [0.15, 0.2) is 11.6 Å². The normalized spacial score (nSPS) is 10.6. The van der Waals surface area contributed by atoms with Crippen LogP contribution < -0.4 is 10.5 Å². The number of aromatic hydroxyl groups is 1. The number of nitrogens with two attached hydrogens (primary N) is 1. The molecule has 0 bridgehead atoms. The van der Waals surface area contributed by atoms with E-state index in [-0.39, 0.29) is 18.2 Å². The maximum Gasteiger partial charge on any atom is 0.166 e. The first-order valence-corrected chi connectivity index (χ1v) is 7.91. The van der Waals surface area contributed by atoms with E-state index < -0.39 is 0 Å². The number of rotatable bonds is 4. The summed E-state index contributed by atoms with van der Waals surface area (Å²) in [4.78, 5) is 4.13. The molecule has 0 spiro atoms. The Morgan fingerprint density at radius 2 is 1.75 bits per heavy atom. The van der Waals surface area contributed by atoms with Crippen molar-refractivity contribution in [2.75, 3.05) is 5.73 Å². The first-order valence-electron chi connectivity index (χ1n) is 7.16. The number of nitrogen functional groups attached to an aromatic ring is 1. The van der Waals surface area contributed by atoms with E-state index in [1.54, 1.807) is 48.7 Å². The Bertz CT molecular complexity index is 864. The van der Waals surface area contributed by atoms with E-state index in [0.29, 0.717) is 32.5 Å². The summed E-state index contributed by atoms with van der Waals surface area (Å²) in [5.74, 6) is 0.799. The Morgan fingerprint density at radius 1 is 1.04 bits per heavy atom. The van der Waals surface area contributed by atoms with Gasteiger partial charge < -0.3 is 15.6 Å². The number of phenols is 1. The van der Waals surface area contributed by atoms with Crippen LogP contribution in [0.1, 0.15) is 5.56 Å². The molecular weight excluding hydrogens is 347 g/mol. The van der Waals surface area contributed by atoms with Crippen LogP contribution in [-0.4, -0.2) is 10.1 Å². The minimum atomic E-state index is 0.157. The molecule has 3 aromatic rings. The molecule has 0 saturated carbocycles. The number of para-hydroxylation sites is 1. The lowest BCUT2D eigenvalue weighted by Crippen LogP contribution is -2.02. The summed E-state index contributed by atoms with van der Waals surface area (Å²) in [5.41, 5.74) is 7.90.